The molecule has 6 aliphatic carbocycles. The van der Waals surface area contributed by atoms with Crippen LogP contribution in [0.5, 0.6) is 11.5 Å². The number of fused-ring (bicyclic) bond motifs is 4. The molecule has 4 saturated carbocycles. The summed E-state index contributed by atoms with van der Waals surface area (Å²) in [6.45, 7) is -1.23. The molecule has 2 aromatic carbocycles. The van der Waals surface area contributed by atoms with Gasteiger partial charge < -0.3 is 40.9 Å². The van der Waals surface area contributed by atoms with Gasteiger partial charge in [-0.3, -0.25) is 19.2 Å². The summed E-state index contributed by atoms with van der Waals surface area (Å²) in [4.78, 5) is 58.0. The van der Waals surface area contributed by atoms with Crippen molar-refractivity contribution in [3.05, 3.63) is 68.8 Å². The lowest BCUT2D eigenvalue weighted by Gasteiger charge is -2.53. The number of benzene rings is 2. The summed E-state index contributed by atoms with van der Waals surface area (Å²) in [6.07, 6.45) is -3.57. The third-order valence-electron chi connectivity index (χ3n) is 10.6. The number of ketones is 4. The molecule has 8 atom stereocenters. The average molecular weight is 574 g/mol. The van der Waals surface area contributed by atoms with Crippen molar-refractivity contribution in [2.45, 2.75) is 25.4 Å². The van der Waals surface area contributed by atoms with Crippen molar-refractivity contribution in [2.24, 2.45) is 34.5 Å². The lowest BCUT2D eigenvalue weighted by atomic mass is 9.46. The van der Waals surface area contributed by atoms with E-state index in [1.807, 2.05) is 0 Å². The zero-order valence-electron chi connectivity index (χ0n) is 21.4. The molecule has 0 heterocycles. The number of allylic oxidation sites excluding steroid dienone is 2. The summed E-state index contributed by atoms with van der Waals surface area (Å²) in [7, 11) is 0. The number of rotatable bonds is 2. The Kier molecular flexibility index (Phi) is 4.43. The molecule has 0 aliphatic heterocycles. The highest BCUT2D eigenvalue weighted by atomic mass is 16.3. The van der Waals surface area contributed by atoms with Crippen molar-refractivity contribution < 1.29 is 60.0 Å². The van der Waals surface area contributed by atoms with E-state index >= 15 is 0 Å². The minimum absolute atomic E-state index is 0.0679. The van der Waals surface area contributed by atoms with Crippen molar-refractivity contribution in [1.29, 1.82) is 0 Å². The maximum Gasteiger partial charge on any atom is 0.175 e. The smallest absolute Gasteiger partial charge is 0.175 e. The molecular formula is C30H22O12. The predicted octanol–water partition coefficient (Wildman–Crippen LogP) is 0.0654. The molecule has 0 radical (unpaired) electrons. The molecule has 12 nitrogen and oxygen atoms in total. The van der Waals surface area contributed by atoms with E-state index in [2.05, 4.69) is 0 Å². The van der Waals surface area contributed by atoms with Crippen LogP contribution >= 0.6 is 0 Å². The van der Waals surface area contributed by atoms with Crippen LogP contribution in [0.3, 0.4) is 0 Å². The minimum Gasteiger partial charge on any atom is -0.507 e. The first kappa shape index (κ1) is 25.4. The van der Waals surface area contributed by atoms with Gasteiger partial charge in [-0.25, -0.2) is 0 Å². The van der Waals surface area contributed by atoms with Crippen LogP contribution in [0.2, 0.25) is 0 Å². The van der Waals surface area contributed by atoms with E-state index in [1.54, 1.807) is 0 Å². The van der Waals surface area contributed by atoms with E-state index in [1.165, 1.54) is 12.1 Å². The average Bonchev–Trinajstić information content (AvgIpc) is 3.31. The first-order valence-electron chi connectivity index (χ1n) is 13.3. The largest absolute Gasteiger partial charge is 0.507 e. The van der Waals surface area contributed by atoms with Crippen molar-refractivity contribution in [2.75, 3.05) is 0 Å². The second-order valence-electron chi connectivity index (χ2n) is 12.0. The molecule has 2 spiro atoms. The molecule has 214 valence electrons. The van der Waals surface area contributed by atoms with Gasteiger partial charge in [-0.15, -0.1) is 0 Å². The molecule has 2 aromatic rings. The Morgan fingerprint density at radius 1 is 0.595 bits per heavy atom. The lowest BCUT2D eigenvalue weighted by Crippen LogP contribution is -2.65. The van der Waals surface area contributed by atoms with Crippen LogP contribution in [0.4, 0.5) is 0 Å². The number of aliphatic hydroxyl groups is 6. The number of hydrogen-bond acceptors (Lipinski definition) is 12. The van der Waals surface area contributed by atoms with E-state index in [0.29, 0.717) is 0 Å². The Labute approximate surface area is 235 Å². The molecule has 0 unspecified atom stereocenters. The molecule has 6 aliphatic rings. The Bertz CT molecular complexity index is 1720. The first-order chi connectivity index (χ1) is 19.9. The maximum absolute atomic E-state index is 14.6. The fraction of sp³-hybridized carbons (Fsp3) is 0.333. The minimum atomic E-state index is -2.37. The Hall–Kier alpha value is -4.36. The Morgan fingerprint density at radius 2 is 0.952 bits per heavy atom. The second-order valence-corrected chi connectivity index (χ2v) is 12.0. The number of phenols is 2. The maximum atomic E-state index is 14.6. The van der Waals surface area contributed by atoms with Crippen LogP contribution in [-0.2, 0) is 22.8 Å². The van der Waals surface area contributed by atoms with E-state index in [9.17, 15) is 60.0 Å². The van der Waals surface area contributed by atoms with Crippen LogP contribution in [0, 0.1) is 34.5 Å². The lowest BCUT2D eigenvalue weighted by molar-refractivity contribution is -0.142. The summed E-state index contributed by atoms with van der Waals surface area (Å²) >= 11 is 0. The standard InChI is InChI=1S/C30H22O12/c31-5-7-1-9-13(11(33)3-7)21(35)17-25(39)20-23(37)15-16-24(38)19(29(15,17)27(9)41)26(40)18-22(36)14-10(28(42)30(16,18)20)2-8(6-32)4-12(14)34/h1-4,15-16,19-20,23-24,31-38H,5-6H2/t15-,16+,19-,20-,23+,24-,29-,30+/m1/s1. The normalized spacial score (nSPS) is 36.9. The number of carbonyl (C=O) groups excluding carboxylic acids is 4. The number of aliphatic hydroxyl groups excluding tert-OH is 6. The van der Waals surface area contributed by atoms with Crippen molar-refractivity contribution in [3.8, 4) is 11.5 Å². The molecule has 4 bridgehead atoms. The molecule has 0 amide bonds. The Balaban J connectivity index is 1.52. The topological polar surface area (TPSA) is 230 Å². The first-order valence-corrected chi connectivity index (χ1v) is 13.3. The van der Waals surface area contributed by atoms with Gasteiger partial charge in [-0.05, 0) is 35.4 Å². The van der Waals surface area contributed by atoms with Crippen molar-refractivity contribution >= 4 is 34.7 Å². The van der Waals surface area contributed by atoms with E-state index in [-0.39, 0.29) is 22.3 Å². The molecule has 4 fully saturated rings. The van der Waals surface area contributed by atoms with Gasteiger partial charge in [0.05, 0.1) is 70.4 Å². The fourth-order valence-corrected chi connectivity index (χ4v) is 9.53. The van der Waals surface area contributed by atoms with Crippen LogP contribution in [0.15, 0.2) is 35.4 Å². The zero-order chi connectivity index (χ0) is 29.9. The monoisotopic (exact) mass is 574 g/mol. The number of carbonyl (C=O) groups is 4. The summed E-state index contributed by atoms with van der Waals surface area (Å²) in [5, 5.41) is 87.4. The number of aromatic hydroxyl groups is 2. The van der Waals surface area contributed by atoms with Gasteiger partial charge in [0, 0.05) is 23.0 Å². The summed E-state index contributed by atoms with van der Waals surface area (Å²) in [6, 6.07) is 4.52. The van der Waals surface area contributed by atoms with Gasteiger partial charge in [0.2, 0.25) is 0 Å². The quantitative estimate of drug-likeness (QED) is 0.238. The molecule has 8 rings (SSSR count). The highest BCUT2D eigenvalue weighted by Crippen LogP contribution is 2.80. The third-order valence-corrected chi connectivity index (χ3v) is 10.6. The van der Waals surface area contributed by atoms with Crippen molar-refractivity contribution in [1.82, 2.24) is 0 Å². The van der Waals surface area contributed by atoms with Crippen LogP contribution < -0.4 is 0 Å². The number of hydrogen-bond donors (Lipinski definition) is 8. The van der Waals surface area contributed by atoms with E-state index in [4.69, 9.17) is 0 Å². The van der Waals surface area contributed by atoms with Gasteiger partial charge in [-0.1, -0.05) is 0 Å². The van der Waals surface area contributed by atoms with Gasteiger partial charge in [0.1, 0.15) is 23.0 Å². The molecule has 12 heteroatoms. The Morgan fingerprint density at radius 3 is 1.29 bits per heavy atom. The van der Waals surface area contributed by atoms with Gasteiger partial charge in [0.15, 0.2) is 23.1 Å². The zero-order valence-corrected chi connectivity index (χ0v) is 21.4. The molecule has 0 aromatic heterocycles. The molecule has 0 saturated heterocycles. The van der Waals surface area contributed by atoms with Crippen LogP contribution in [0.25, 0.3) is 11.5 Å². The SMILES string of the molecule is O=C1C2=C(O)c3c(O)cc(CO)cc3C(=O)[C@]23[C@H]2[C@H](O)[C@H]1[C@@]14C(=O)c5cc(CO)cc(O)c5C(O)=C1C(=O)[C@H]3[C@H](O)[C@H]24. The molecule has 8 N–H and O–H groups in total. The van der Waals surface area contributed by atoms with E-state index < -0.39 is 128 Å². The number of phenolic OH excluding ortho intramolecular Hbond substituents is 2. The van der Waals surface area contributed by atoms with E-state index in [0.717, 1.165) is 12.1 Å². The second kappa shape index (κ2) is 7.34. The highest BCUT2D eigenvalue weighted by molar-refractivity contribution is 6.30. The van der Waals surface area contributed by atoms with Crippen LogP contribution in [0.1, 0.15) is 43.0 Å². The fourth-order valence-electron chi connectivity index (χ4n) is 9.53. The number of Topliss-reactive ketones (excluding diaryl/α,β-unsaturated/α-hetero) is 4. The van der Waals surface area contributed by atoms with Gasteiger partial charge in [-0.2, -0.15) is 0 Å². The predicted molar refractivity (Wildman–Crippen MR) is 137 cm³/mol. The molecular weight excluding hydrogens is 552 g/mol. The summed E-state index contributed by atoms with van der Waals surface area (Å²) < 4.78 is 0. The summed E-state index contributed by atoms with van der Waals surface area (Å²) in [5.74, 6) is -13.6. The van der Waals surface area contributed by atoms with Gasteiger partial charge in [0.25, 0.3) is 0 Å². The highest BCUT2D eigenvalue weighted by Gasteiger charge is 2.89. The van der Waals surface area contributed by atoms with Crippen LogP contribution in [-0.4, -0.2) is 76.2 Å². The van der Waals surface area contributed by atoms with Gasteiger partial charge >= 0.3 is 0 Å². The summed E-state index contributed by atoms with van der Waals surface area (Å²) in [5.41, 5.74) is -7.36. The molecule has 42 heavy (non-hydrogen) atoms. The van der Waals surface area contributed by atoms with Crippen molar-refractivity contribution in [3.63, 3.8) is 0 Å². The third kappa shape index (κ3) is 2.19.